The molecule has 0 unspecified atom stereocenters. The summed E-state index contributed by atoms with van der Waals surface area (Å²) >= 11 is 0. The molecule has 0 aliphatic carbocycles. The van der Waals surface area contributed by atoms with Crippen LogP contribution in [0, 0.1) is 11.8 Å². The van der Waals surface area contributed by atoms with E-state index in [0.717, 1.165) is 51.4 Å². The van der Waals surface area contributed by atoms with Crippen LogP contribution in [0.1, 0.15) is 195 Å². The average molecular weight is 1150 g/mol. The summed E-state index contributed by atoms with van der Waals surface area (Å²) in [5.41, 5.74) is 0. The van der Waals surface area contributed by atoms with Crippen molar-refractivity contribution in [2.24, 2.45) is 11.8 Å². The van der Waals surface area contributed by atoms with Gasteiger partial charge in [-0.05, 0) is 51.9 Å². The minimum atomic E-state index is -1.38. The zero-order valence-corrected chi connectivity index (χ0v) is 47.8. The first-order chi connectivity index (χ1) is 38.3. The van der Waals surface area contributed by atoms with Crippen molar-refractivity contribution >= 4 is 65.0 Å². The van der Waals surface area contributed by atoms with Gasteiger partial charge in [0.2, 0.25) is 29.5 Å². The molecule has 9 N–H and O–H groups in total. The van der Waals surface area contributed by atoms with Crippen molar-refractivity contribution in [2.45, 2.75) is 206 Å². The summed E-state index contributed by atoms with van der Waals surface area (Å²) < 4.78 is 21.3. The number of carbonyl (C=O) groups excluding carboxylic acids is 7. The molecule has 0 saturated heterocycles. The SMILES string of the molecule is CC(=O)[C@@H](C)CCCCNC(=O)CC[C@H](NC(=O)CC[C@H](CC(=O)COCCOCCNC(=O)COCCOCCNC(=O)CC[C@H](NC(=O)CCCCCCCCCCCCCCCCCCC(=O)O)C(=O)O)C(=O)O)C(=O)O.[HH]. The fraction of sp³-hybridized carbons (Fsp3) is 0.804. The molecular formula is C56H99N5O19. The van der Waals surface area contributed by atoms with E-state index in [2.05, 4.69) is 26.6 Å². The van der Waals surface area contributed by atoms with E-state index in [1.807, 2.05) is 6.92 Å². The van der Waals surface area contributed by atoms with Crippen molar-refractivity contribution in [1.29, 1.82) is 0 Å². The van der Waals surface area contributed by atoms with Gasteiger partial charge in [-0.25, -0.2) is 9.59 Å². The summed E-state index contributed by atoms with van der Waals surface area (Å²) in [6.45, 7) is 3.99. The standard InChI is InChI=1S/C56H97N5O19.H2/c1-42(43(2)62)21-19-20-30-57-48(64)28-25-47(56(75)76)61-51(67)27-24-44(54(71)72)39-45(63)40-79-37-35-78-34-32-59-52(68)41-80-38-36-77-33-31-58-49(65)29-26-46(55(73)74)60-50(66)22-17-15-13-11-9-7-5-3-4-6-8-10-12-14-16-18-23-53(69)70;/h42,44,46-47H,3-41H2,1-2H3,(H,57,64)(H,58,65)(H,59,68)(H,60,66)(H,61,67)(H,69,70)(H,71,72)(H,73,74)(H,75,76);1H/t42-,44+,46-,47-;/m0./s1. The third kappa shape index (κ3) is 47.2. The van der Waals surface area contributed by atoms with Crippen molar-refractivity contribution < 1.29 is 93.5 Å². The highest BCUT2D eigenvalue weighted by Gasteiger charge is 2.26. The molecule has 0 aromatic carbocycles. The van der Waals surface area contributed by atoms with Crippen molar-refractivity contribution in [3.63, 3.8) is 0 Å². The molecule has 0 heterocycles. The third-order valence-corrected chi connectivity index (χ3v) is 13.1. The van der Waals surface area contributed by atoms with Gasteiger partial charge in [-0.3, -0.25) is 43.2 Å². The number of Topliss-reactive ketones (excluding diaryl/α,β-unsaturated/α-hetero) is 2. The Labute approximate surface area is 473 Å². The van der Waals surface area contributed by atoms with E-state index in [-0.39, 0.29) is 136 Å². The third-order valence-electron chi connectivity index (χ3n) is 13.1. The van der Waals surface area contributed by atoms with Crippen LogP contribution in [0.4, 0.5) is 0 Å². The smallest absolute Gasteiger partial charge is 0.326 e. The van der Waals surface area contributed by atoms with Crippen LogP contribution in [-0.4, -0.2) is 170 Å². The Kier molecular flexibility index (Phi) is 46.9. The molecule has 0 saturated carbocycles. The van der Waals surface area contributed by atoms with Crippen molar-refractivity contribution in [1.82, 2.24) is 26.6 Å². The van der Waals surface area contributed by atoms with Gasteiger partial charge in [0.25, 0.3) is 0 Å². The lowest BCUT2D eigenvalue weighted by Gasteiger charge is -2.16. The number of rotatable bonds is 57. The number of ether oxygens (including phenoxy) is 4. The second-order valence-electron chi connectivity index (χ2n) is 20.2. The van der Waals surface area contributed by atoms with Crippen molar-refractivity contribution in [3.8, 4) is 0 Å². The minimum Gasteiger partial charge on any atom is -0.481 e. The number of unbranched alkanes of at least 4 members (excludes halogenated alkanes) is 16. The topological polar surface area (TPSA) is 366 Å². The molecule has 0 bridgehead atoms. The number of carbonyl (C=O) groups is 11. The van der Waals surface area contributed by atoms with Gasteiger partial charge in [0, 0.05) is 65.5 Å². The molecule has 0 aromatic rings. The number of carboxylic acids is 4. The monoisotopic (exact) mass is 1150 g/mol. The van der Waals surface area contributed by atoms with Crippen LogP contribution in [0.3, 0.4) is 0 Å². The maximum Gasteiger partial charge on any atom is 0.326 e. The Balaban J connectivity index is 0. The number of carboxylic acid groups (broad SMARTS) is 4. The van der Waals surface area contributed by atoms with Crippen LogP contribution in [0.25, 0.3) is 0 Å². The normalized spacial score (nSPS) is 12.6. The summed E-state index contributed by atoms with van der Waals surface area (Å²) in [6.07, 6.45) is 18.6. The highest BCUT2D eigenvalue weighted by atomic mass is 16.5. The molecule has 0 rings (SSSR count). The highest BCUT2D eigenvalue weighted by molar-refractivity contribution is 5.87. The number of amides is 5. The summed E-state index contributed by atoms with van der Waals surface area (Å²) in [5.74, 6) is -8.58. The quantitative estimate of drug-likeness (QED) is 0.0349. The lowest BCUT2D eigenvalue weighted by atomic mass is 9.97. The largest absolute Gasteiger partial charge is 0.481 e. The predicted octanol–water partition coefficient (Wildman–Crippen LogP) is 5.29. The van der Waals surface area contributed by atoms with Crippen LogP contribution >= 0.6 is 0 Å². The number of hydrogen-bond acceptors (Lipinski definition) is 15. The maximum absolute atomic E-state index is 12.5. The van der Waals surface area contributed by atoms with E-state index in [0.29, 0.717) is 25.8 Å². The van der Waals surface area contributed by atoms with Crippen LogP contribution < -0.4 is 26.6 Å². The second-order valence-corrected chi connectivity index (χ2v) is 20.2. The first-order valence-electron chi connectivity index (χ1n) is 28.9. The average Bonchev–Trinajstić information content (AvgIpc) is 3.40. The Hall–Kier alpha value is -5.59. The molecule has 0 spiro atoms. The molecule has 24 heteroatoms. The molecule has 0 fully saturated rings. The van der Waals surface area contributed by atoms with Gasteiger partial charge in [0.05, 0.1) is 45.6 Å². The van der Waals surface area contributed by atoms with Crippen molar-refractivity contribution in [2.75, 3.05) is 72.5 Å². The van der Waals surface area contributed by atoms with E-state index in [4.69, 9.17) is 24.1 Å². The van der Waals surface area contributed by atoms with E-state index in [9.17, 15) is 68.1 Å². The Morgan fingerprint density at radius 1 is 0.388 bits per heavy atom. The lowest BCUT2D eigenvalue weighted by molar-refractivity contribution is -0.145. The fourth-order valence-corrected chi connectivity index (χ4v) is 8.14. The molecule has 0 aromatic heterocycles. The fourth-order valence-electron chi connectivity index (χ4n) is 8.14. The number of aliphatic carboxylic acids is 4. The van der Waals surface area contributed by atoms with Gasteiger partial charge < -0.3 is 66.0 Å². The zero-order valence-electron chi connectivity index (χ0n) is 47.8. The van der Waals surface area contributed by atoms with Crippen LogP contribution in [-0.2, 0) is 71.7 Å². The van der Waals surface area contributed by atoms with E-state index < -0.39 is 78.4 Å². The van der Waals surface area contributed by atoms with E-state index >= 15 is 0 Å². The van der Waals surface area contributed by atoms with E-state index in [1.54, 1.807) is 0 Å². The van der Waals surface area contributed by atoms with Gasteiger partial charge in [-0.1, -0.05) is 103 Å². The van der Waals surface area contributed by atoms with Crippen LogP contribution in [0.2, 0.25) is 0 Å². The molecule has 0 radical (unpaired) electrons. The molecule has 462 valence electrons. The summed E-state index contributed by atoms with van der Waals surface area (Å²) in [7, 11) is 0. The van der Waals surface area contributed by atoms with Gasteiger partial charge in [-0.2, -0.15) is 0 Å². The van der Waals surface area contributed by atoms with Gasteiger partial charge in [0.15, 0.2) is 5.78 Å². The summed E-state index contributed by atoms with van der Waals surface area (Å²) in [5, 5.41) is 50.1. The van der Waals surface area contributed by atoms with E-state index in [1.165, 1.54) is 58.3 Å². The maximum atomic E-state index is 12.5. The first-order valence-corrected chi connectivity index (χ1v) is 28.9. The predicted molar refractivity (Wildman–Crippen MR) is 296 cm³/mol. The summed E-state index contributed by atoms with van der Waals surface area (Å²) in [6, 6.07) is -2.55. The molecule has 0 aliphatic rings. The molecule has 80 heavy (non-hydrogen) atoms. The molecule has 5 amide bonds. The highest BCUT2D eigenvalue weighted by Crippen LogP contribution is 2.16. The van der Waals surface area contributed by atoms with Crippen LogP contribution in [0.5, 0.6) is 0 Å². The molecule has 24 nitrogen and oxygen atoms in total. The summed E-state index contributed by atoms with van der Waals surface area (Å²) in [4.78, 5) is 131. The van der Waals surface area contributed by atoms with Gasteiger partial charge >= 0.3 is 23.9 Å². The Bertz CT molecular complexity index is 1810. The Morgan fingerprint density at radius 2 is 0.787 bits per heavy atom. The van der Waals surface area contributed by atoms with Gasteiger partial charge in [0.1, 0.15) is 31.1 Å². The van der Waals surface area contributed by atoms with Gasteiger partial charge in [-0.15, -0.1) is 0 Å². The number of ketones is 2. The van der Waals surface area contributed by atoms with Crippen LogP contribution in [0.15, 0.2) is 0 Å². The zero-order chi connectivity index (χ0) is 59.6. The number of nitrogens with one attached hydrogen (secondary N) is 5. The molecule has 4 atom stereocenters. The first kappa shape index (κ1) is 74.4. The molecule has 0 aliphatic heterocycles. The lowest BCUT2D eigenvalue weighted by Crippen LogP contribution is -2.42. The van der Waals surface area contributed by atoms with Crippen molar-refractivity contribution in [3.05, 3.63) is 0 Å². The molecular weight excluding hydrogens is 1050 g/mol. The second kappa shape index (κ2) is 50.4. The minimum absolute atomic E-state index is 0. The number of hydrogen-bond donors (Lipinski definition) is 9. The Morgan fingerprint density at radius 3 is 1.24 bits per heavy atom.